The van der Waals surface area contributed by atoms with Crippen molar-refractivity contribution in [1.82, 2.24) is 9.97 Å². The van der Waals surface area contributed by atoms with E-state index >= 15 is 0 Å². The van der Waals surface area contributed by atoms with Crippen molar-refractivity contribution in [1.29, 1.82) is 0 Å². The molecule has 28 heavy (non-hydrogen) atoms. The van der Waals surface area contributed by atoms with E-state index in [1.165, 1.54) is 5.56 Å². The first-order valence-electron chi connectivity index (χ1n) is 9.63. The van der Waals surface area contributed by atoms with Crippen LogP contribution in [0.1, 0.15) is 49.6 Å². The quantitative estimate of drug-likeness (QED) is 0.485. The third kappa shape index (κ3) is 3.38. The van der Waals surface area contributed by atoms with E-state index in [0.29, 0.717) is 5.92 Å². The first-order valence-corrected chi connectivity index (χ1v) is 9.63. The Morgan fingerprint density at radius 1 is 0.857 bits per heavy atom. The van der Waals surface area contributed by atoms with E-state index in [1.807, 2.05) is 30.3 Å². The first kappa shape index (κ1) is 18.2. The fourth-order valence-electron chi connectivity index (χ4n) is 3.75. The monoisotopic (exact) mass is 372 g/mol. The Bertz CT molecular complexity index is 1170. The van der Waals surface area contributed by atoms with Crippen molar-refractivity contribution in [2.24, 2.45) is 0 Å². The molecule has 2 heterocycles. The lowest BCUT2D eigenvalue weighted by atomic mass is 9.92. The van der Waals surface area contributed by atoms with Crippen LogP contribution >= 0.6 is 0 Å². The van der Waals surface area contributed by atoms with Gasteiger partial charge >= 0.3 is 0 Å². The molecule has 4 nitrogen and oxygen atoms in total. The molecule has 2 N–H and O–H groups in total. The largest absolute Gasteiger partial charge is 0.508 e. The zero-order chi connectivity index (χ0) is 19.8. The third-order valence-electron chi connectivity index (χ3n) is 5.22. The number of fused-ring (bicyclic) bond motifs is 2. The summed E-state index contributed by atoms with van der Waals surface area (Å²) in [6.45, 7) is 6.47. The summed E-state index contributed by atoms with van der Waals surface area (Å²) in [7, 11) is 0. The van der Waals surface area contributed by atoms with Gasteiger partial charge in [-0.25, -0.2) is 0 Å². The van der Waals surface area contributed by atoms with Crippen molar-refractivity contribution >= 4 is 21.8 Å². The zero-order valence-corrected chi connectivity index (χ0v) is 16.3. The van der Waals surface area contributed by atoms with Crippen LogP contribution < -0.4 is 0 Å². The van der Waals surface area contributed by atoms with E-state index in [2.05, 4.69) is 26.8 Å². The fourth-order valence-corrected chi connectivity index (χ4v) is 3.75. The molecule has 0 aliphatic rings. The highest BCUT2D eigenvalue weighted by molar-refractivity contribution is 5.85. The Morgan fingerprint density at radius 3 is 2.46 bits per heavy atom. The lowest BCUT2D eigenvalue weighted by Gasteiger charge is -2.17. The van der Waals surface area contributed by atoms with Crippen LogP contribution in [0.25, 0.3) is 21.8 Å². The Kier molecular flexibility index (Phi) is 4.63. The number of nitrogens with zero attached hydrogens (tertiary/aromatic N) is 2. The number of hydrogen-bond donors (Lipinski definition) is 2. The maximum Gasteiger partial charge on any atom is 0.124 e. The van der Waals surface area contributed by atoms with Gasteiger partial charge in [0.05, 0.1) is 11.0 Å². The SMILES string of the molecule is CC(C)c1nc2ccc(O)cc2cc1CC(C)c1ccc2c(O)cccc2n1. The minimum Gasteiger partial charge on any atom is -0.508 e. The average molecular weight is 372 g/mol. The molecule has 0 aliphatic heterocycles. The van der Waals surface area contributed by atoms with Gasteiger partial charge in [0.25, 0.3) is 0 Å². The first-order chi connectivity index (χ1) is 13.4. The van der Waals surface area contributed by atoms with Crippen molar-refractivity contribution in [3.8, 4) is 11.5 Å². The van der Waals surface area contributed by atoms with Gasteiger partial charge in [-0.2, -0.15) is 0 Å². The number of phenols is 2. The van der Waals surface area contributed by atoms with Gasteiger partial charge in [0.2, 0.25) is 0 Å². The van der Waals surface area contributed by atoms with Gasteiger partial charge in [0.1, 0.15) is 11.5 Å². The lowest BCUT2D eigenvalue weighted by molar-refractivity contribution is 0.476. The summed E-state index contributed by atoms with van der Waals surface area (Å²) in [5.74, 6) is 1.01. The number of rotatable bonds is 4. The van der Waals surface area contributed by atoms with Crippen molar-refractivity contribution < 1.29 is 10.2 Å². The molecule has 2 aromatic heterocycles. The predicted octanol–water partition coefficient (Wildman–Crippen LogP) is 5.66. The second-order valence-electron chi connectivity index (χ2n) is 7.75. The van der Waals surface area contributed by atoms with Crippen LogP contribution in [-0.4, -0.2) is 20.2 Å². The van der Waals surface area contributed by atoms with Gasteiger partial charge in [-0.15, -0.1) is 0 Å². The molecule has 0 fully saturated rings. The van der Waals surface area contributed by atoms with E-state index in [0.717, 1.165) is 39.6 Å². The van der Waals surface area contributed by atoms with Gasteiger partial charge in [-0.1, -0.05) is 26.8 Å². The summed E-state index contributed by atoms with van der Waals surface area (Å²) >= 11 is 0. The number of aromatic nitrogens is 2. The molecular formula is C24H24N2O2. The van der Waals surface area contributed by atoms with Crippen molar-refractivity contribution in [2.45, 2.75) is 39.0 Å². The smallest absolute Gasteiger partial charge is 0.124 e. The second-order valence-corrected chi connectivity index (χ2v) is 7.75. The summed E-state index contributed by atoms with van der Waals surface area (Å²) in [5.41, 5.74) is 4.96. The highest BCUT2D eigenvalue weighted by Gasteiger charge is 2.16. The topological polar surface area (TPSA) is 66.2 Å². The molecule has 0 aliphatic carbocycles. The minimum absolute atomic E-state index is 0.195. The number of aromatic hydroxyl groups is 2. The molecule has 1 atom stereocenters. The van der Waals surface area contributed by atoms with Crippen LogP contribution in [0.15, 0.2) is 54.6 Å². The van der Waals surface area contributed by atoms with Gasteiger partial charge in [-0.05, 0) is 66.4 Å². The second kappa shape index (κ2) is 7.12. The maximum absolute atomic E-state index is 9.99. The van der Waals surface area contributed by atoms with Crippen LogP contribution in [-0.2, 0) is 6.42 Å². The van der Waals surface area contributed by atoms with E-state index in [1.54, 1.807) is 18.2 Å². The highest BCUT2D eigenvalue weighted by Crippen LogP contribution is 2.30. The standard InChI is InChI=1S/C24H24N2O2/c1-14(2)24-17(12-16-13-18(27)7-9-21(16)26-24)11-15(3)20-10-8-19-22(25-20)5-4-6-23(19)28/h4-10,12-15,27-28H,11H2,1-3H3. The van der Waals surface area contributed by atoms with Crippen molar-refractivity contribution in [2.75, 3.05) is 0 Å². The molecule has 0 radical (unpaired) electrons. The summed E-state index contributed by atoms with van der Waals surface area (Å²) in [4.78, 5) is 9.62. The molecule has 142 valence electrons. The Labute approximate surface area is 164 Å². The Morgan fingerprint density at radius 2 is 1.68 bits per heavy atom. The number of hydrogen-bond acceptors (Lipinski definition) is 4. The molecule has 0 bridgehead atoms. The van der Waals surface area contributed by atoms with Crippen LogP contribution in [0.4, 0.5) is 0 Å². The summed E-state index contributed by atoms with van der Waals surface area (Å²) in [6.07, 6.45) is 0.809. The van der Waals surface area contributed by atoms with Crippen molar-refractivity contribution in [3.63, 3.8) is 0 Å². The Balaban J connectivity index is 1.73. The maximum atomic E-state index is 9.99. The van der Waals surface area contributed by atoms with E-state index in [9.17, 15) is 10.2 Å². The number of benzene rings is 2. The predicted molar refractivity (Wildman–Crippen MR) is 113 cm³/mol. The van der Waals surface area contributed by atoms with Crippen LogP contribution in [0.5, 0.6) is 11.5 Å². The number of pyridine rings is 2. The third-order valence-corrected chi connectivity index (χ3v) is 5.22. The van der Waals surface area contributed by atoms with E-state index in [-0.39, 0.29) is 17.4 Å². The van der Waals surface area contributed by atoms with Crippen LogP contribution in [0, 0.1) is 0 Å². The van der Waals surface area contributed by atoms with E-state index < -0.39 is 0 Å². The molecule has 0 saturated heterocycles. The van der Waals surface area contributed by atoms with Gasteiger partial charge in [0, 0.05) is 28.1 Å². The molecule has 1 unspecified atom stereocenters. The molecule has 4 rings (SSSR count). The Hall–Kier alpha value is -3.14. The lowest BCUT2D eigenvalue weighted by Crippen LogP contribution is -2.07. The zero-order valence-electron chi connectivity index (χ0n) is 16.3. The number of phenolic OH excluding ortho intramolecular Hbond substituents is 2. The molecule has 2 aromatic carbocycles. The molecule has 4 aromatic rings. The van der Waals surface area contributed by atoms with E-state index in [4.69, 9.17) is 9.97 Å². The van der Waals surface area contributed by atoms with Crippen LogP contribution in [0.3, 0.4) is 0 Å². The normalized spacial score (nSPS) is 12.7. The molecular weight excluding hydrogens is 348 g/mol. The molecule has 0 saturated carbocycles. The van der Waals surface area contributed by atoms with Gasteiger partial charge < -0.3 is 10.2 Å². The summed E-state index contributed by atoms with van der Waals surface area (Å²) in [6, 6.07) is 16.8. The minimum atomic E-state index is 0.195. The van der Waals surface area contributed by atoms with Crippen molar-refractivity contribution in [3.05, 3.63) is 71.5 Å². The molecule has 4 heteroatoms. The molecule has 0 spiro atoms. The average Bonchev–Trinajstić information content (AvgIpc) is 2.67. The molecule has 0 amide bonds. The summed E-state index contributed by atoms with van der Waals surface area (Å²) in [5, 5.41) is 21.5. The summed E-state index contributed by atoms with van der Waals surface area (Å²) < 4.78 is 0. The van der Waals surface area contributed by atoms with Crippen LogP contribution in [0.2, 0.25) is 0 Å². The van der Waals surface area contributed by atoms with Gasteiger partial charge in [0.15, 0.2) is 0 Å². The van der Waals surface area contributed by atoms with Gasteiger partial charge in [-0.3, -0.25) is 9.97 Å². The fraction of sp³-hybridized carbons (Fsp3) is 0.250. The highest BCUT2D eigenvalue weighted by atomic mass is 16.3.